The first-order valence-corrected chi connectivity index (χ1v) is 0. The molecule has 36 valence electrons. The van der Waals surface area contributed by atoms with E-state index in [0.29, 0.717) is 0 Å². The first kappa shape index (κ1) is 30.8. The van der Waals surface area contributed by atoms with Gasteiger partial charge in [0.05, 0.1) is 0 Å². The third-order valence-corrected chi connectivity index (χ3v) is 0. The van der Waals surface area contributed by atoms with Crippen LogP contribution in [0.5, 0.6) is 0 Å². The third-order valence-electron chi connectivity index (χ3n) is 0. The van der Waals surface area contributed by atoms with Crippen LogP contribution in [0.2, 0.25) is 0 Å². The molecule has 0 bridgehead atoms. The molecule has 0 heterocycles. The van der Waals surface area contributed by atoms with E-state index in [1.54, 1.807) is 0 Å². The molecule has 0 N–H and O–H groups in total. The maximum Gasteiger partial charge on any atom is 0 e. The Hall–Kier alpha value is 2.57. The molecular formula is IrOsPdRh. The molecule has 4 heavy (non-hydrogen) atoms. The SMILES string of the molecule is [Ir].[Os].[Pd].[Rh]. The maximum absolute atomic E-state index is 0. The van der Waals surface area contributed by atoms with E-state index in [2.05, 4.69) is 0 Å². The van der Waals surface area contributed by atoms with Crippen LogP contribution in [0.4, 0.5) is 0 Å². The predicted molar refractivity (Wildman–Crippen MR) is 0 cm³/mol. The Morgan fingerprint density at radius 2 is 1.00 bits per heavy atom. The van der Waals surface area contributed by atoms with Crippen LogP contribution >= 0.6 is 0 Å². The molecule has 0 fully saturated rings. The minimum absolute atomic E-state index is 0. The summed E-state index contributed by atoms with van der Waals surface area (Å²) < 4.78 is 0. The summed E-state index contributed by atoms with van der Waals surface area (Å²) in [4.78, 5) is 0. The van der Waals surface area contributed by atoms with Gasteiger partial charge in [-0.1, -0.05) is 0 Å². The van der Waals surface area contributed by atoms with Gasteiger partial charge < -0.3 is 0 Å². The van der Waals surface area contributed by atoms with Crippen molar-refractivity contribution in [1.29, 1.82) is 0 Å². The van der Waals surface area contributed by atoms with Crippen LogP contribution in [0, 0.1) is 0 Å². The van der Waals surface area contributed by atoms with E-state index >= 15 is 0 Å². The molecule has 0 aliphatic rings. The normalized spacial score (nSPS) is 0. The smallest absolute Gasteiger partial charge is 0 e. The van der Waals surface area contributed by atoms with E-state index in [1.165, 1.54) is 0 Å². The molecule has 0 aromatic carbocycles. The summed E-state index contributed by atoms with van der Waals surface area (Å²) >= 11 is 0. The van der Waals surface area contributed by atoms with Crippen LogP contribution in [0.15, 0.2) is 0 Å². The monoisotopic (exact) mass is 594 g/mol. The number of hydrogen-bond donors (Lipinski definition) is 0. The van der Waals surface area contributed by atoms with Crippen molar-refractivity contribution in [2.45, 2.75) is 0 Å². The fraction of sp³-hybridized carbons (Fsp3) is 0. The second-order valence-corrected chi connectivity index (χ2v) is 0. The van der Waals surface area contributed by atoms with Gasteiger partial charge in [0.1, 0.15) is 0 Å². The van der Waals surface area contributed by atoms with Crippen molar-refractivity contribution in [2.24, 2.45) is 0 Å². The first-order chi connectivity index (χ1) is 0. The summed E-state index contributed by atoms with van der Waals surface area (Å²) in [6.07, 6.45) is 0. The predicted octanol–water partition coefficient (Wildman–Crippen LogP) is -0.0100. The van der Waals surface area contributed by atoms with E-state index < -0.39 is 0 Å². The van der Waals surface area contributed by atoms with E-state index in [-0.39, 0.29) is 79.8 Å². The van der Waals surface area contributed by atoms with Gasteiger partial charge in [-0.15, -0.1) is 0 Å². The zero-order valence-electron chi connectivity index (χ0n) is 1.34. The van der Waals surface area contributed by atoms with Gasteiger partial charge in [-0.3, -0.25) is 0 Å². The van der Waals surface area contributed by atoms with Crippen LogP contribution in [-0.2, 0) is 79.8 Å². The Balaban J connectivity index is 0. The van der Waals surface area contributed by atoms with Gasteiger partial charge in [-0.2, -0.15) is 0 Å². The van der Waals surface area contributed by atoms with Crippen molar-refractivity contribution in [3.8, 4) is 0 Å². The molecule has 0 saturated carbocycles. The van der Waals surface area contributed by atoms with Crippen LogP contribution < -0.4 is 0 Å². The minimum Gasteiger partial charge on any atom is 0 e. The fourth-order valence-electron chi connectivity index (χ4n) is 0. The summed E-state index contributed by atoms with van der Waals surface area (Å²) in [5, 5.41) is 0. The van der Waals surface area contributed by atoms with Gasteiger partial charge in [-0.05, 0) is 0 Å². The van der Waals surface area contributed by atoms with Crippen molar-refractivity contribution >= 4 is 0 Å². The minimum atomic E-state index is 0. The summed E-state index contributed by atoms with van der Waals surface area (Å²) in [6, 6.07) is 0. The molecule has 0 aliphatic heterocycles. The average Bonchev–Trinajstić information content (AvgIpc) is 0. The quantitative estimate of drug-likeness (QED) is 0.348. The van der Waals surface area contributed by atoms with Crippen LogP contribution in [0.3, 0.4) is 0 Å². The van der Waals surface area contributed by atoms with Crippen LogP contribution in [-0.4, -0.2) is 0 Å². The zero-order valence-corrected chi connectivity index (χ0v) is 9.47. The van der Waals surface area contributed by atoms with E-state index in [4.69, 9.17) is 0 Å². The molecule has 0 saturated heterocycles. The van der Waals surface area contributed by atoms with Crippen molar-refractivity contribution in [3.63, 3.8) is 0 Å². The molecule has 0 atom stereocenters. The van der Waals surface area contributed by atoms with Gasteiger partial charge in [0.2, 0.25) is 0 Å². The Bertz CT molecular complexity index is 8.00. The first-order valence-electron chi connectivity index (χ1n) is 0. The molecule has 0 aromatic heterocycles. The Morgan fingerprint density at radius 3 is 1.00 bits per heavy atom. The van der Waals surface area contributed by atoms with Crippen molar-refractivity contribution in [3.05, 3.63) is 0 Å². The van der Waals surface area contributed by atoms with E-state index in [9.17, 15) is 0 Å². The second-order valence-electron chi connectivity index (χ2n) is 0. The Kier molecular flexibility index (Phi) is 136. The molecule has 0 nitrogen and oxygen atoms in total. The molecule has 2 radical (unpaired) electrons. The Labute approximate surface area is 78.7 Å². The molecule has 0 spiro atoms. The largest absolute Gasteiger partial charge is 0 e. The molecule has 0 amide bonds. The van der Waals surface area contributed by atoms with Crippen LogP contribution in [0.25, 0.3) is 0 Å². The number of rotatable bonds is 0. The van der Waals surface area contributed by atoms with Gasteiger partial charge in [-0.25, -0.2) is 0 Å². The summed E-state index contributed by atoms with van der Waals surface area (Å²) in [7, 11) is 0. The molecule has 0 aliphatic carbocycles. The zero-order chi connectivity index (χ0) is 0. The fourth-order valence-corrected chi connectivity index (χ4v) is 0. The summed E-state index contributed by atoms with van der Waals surface area (Å²) in [5.74, 6) is 0. The van der Waals surface area contributed by atoms with Crippen molar-refractivity contribution < 1.29 is 79.8 Å². The second kappa shape index (κ2) is 17.6. The molecule has 0 rings (SSSR count). The van der Waals surface area contributed by atoms with E-state index in [1.807, 2.05) is 0 Å². The Morgan fingerprint density at radius 1 is 1.00 bits per heavy atom. The molecule has 4 heteroatoms. The van der Waals surface area contributed by atoms with E-state index in [0.717, 1.165) is 0 Å². The standard InChI is InChI=1S/Ir.Os.Pd.Rh. The van der Waals surface area contributed by atoms with Gasteiger partial charge in [0, 0.05) is 79.8 Å². The van der Waals surface area contributed by atoms with Gasteiger partial charge in [0.15, 0.2) is 0 Å². The third kappa shape index (κ3) is 8.82. The molecular weight excluding hydrogens is 592 g/mol. The topological polar surface area (TPSA) is 0 Å². The molecule has 0 unspecified atom stereocenters. The van der Waals surface area contributed by atoms with Gasteiger partial charge >= 0.3 is 0 Å². The maximum atomic E-state index is 0. The van der Waals surface area contributed by atoms with Crippen molar-refractivity contribution in [1.82, 2.24) is 0 Å². The molecule has 0 aromatic rings. The van der Waals surface area contributed by atoms with Crippen molar-refractivity contribution in [2.75, 3.05) is 0 Å². The number of hydrogen-bond acceptors (Lipinski definition) is 0. The summed E-state index contributed by atoms with van der Waals surface area (Å²) in [6.45, 7) is 0. The van der Waals surface area contributed by atoms with Crippen LogP contribution in [0.1, 0.15) is 0 Å². The van der Waals surface area contributed by atoms with Gasteiger partial charge in [0.25, 0.3) is 0 Å². The summed E-state index contributed by atoms with van der Waals surface area (Å²) in [5.41, 5.74) is 0. The average molecular weight is 592 g/mol.